The highest BCUT2D eigenvalue weighted by molar-refractivity contribution is 5.92. The van der Waals surface area contributed by atoms with E-state index in [1.165, 1.54) is 24.6 Å². The summed E-state index contributed by atoms with van der Waals surface area (Å²) in [6.45, 7) is 0.900. The van der Waals surface area contributed by atoms with Gasteiger partial charge in [0.25, 0.3) is 0 Å². The molecule has 0 spiro atoms. The first-order valence-corrected chi connectivity index (χ1v) is 9.76. The molecule has 6 heteroatoms. The van der Waals surface area contributed by atoms with Gasteiger partial charge in [0.1, 0.15) is 11.6 Å². The minimum Gasteiger partial charge on any atom is -0.353 e. The van der Waals surface area contributed by atoms with Crippen LogP contribution in [0.3, 0.4) is 0 Å². The Morgan fingerprint density at radius 3 is 2.44 bits per heavy atom. The van der Waals surface area contributed by atoms with Crippen molar-refractivity contribution in [3.63, 3.8) is 0 Å². The van der Waals surface area contributed by atoms with E-state index in [1.807, 2.05) is 0 Å². The minimum absolute atomic E-state index is 0.0172. The maximum atomic E-state index is 13.7. The first-order chi connectivity index (χ1) is 13.0. The molecule has 1 saturated heterocycles. The standard InChI is InChI=1S/C21H26F2N2O2/c22-18-9-4-10-19(23)17(18)11-12-20(26)25-13-5-6-15(14-25)21(27)24-16-7-2-1-3-8-16/h4,9-12,15-16H,1-3,5-8,13-14H2,(H,24,27)/b12-11+/t15-/m1/s1. The number of benzene rings is 1. The van der Waals surface area contributed by atoms with Gasteiger partial charge in [0.15, 0.2) is 0 Å². The Labute approximate surface area is 158 Å². The van der Waals surface area contributed by atoms with Crippen LogP contribution in [0.1, 0.15) is 50.5 Å². The molecule has 1 aliphatic carbocycles. The fourth-order valence-corrected chi connectivity index (χ4v) is 3.89. The Balaban J connectivity index is 1.57. The van der Waals surface area contributed by atoms with E-state index in [9.17, 15) is 18.4 Å². The summed E-state index contributed by atoms with van der Waals surface area (Å²) in [7, 11) is 0. The molecule has 2 fully saturated rings. The van der Waals surface area contributed by atoms with Crippen LogP contribution in [0.4, 0.5) is 8.78 Å². The quantitative estimate of drug-likeness (QED) is 0.816. The molecular formula is C21H26F2N2O2. The van der Waals surface area contributed by atoms with E-state index in [2.05, 4.69) is 5.32 Å². The van der Waals surface area contributed by atoms with Crippen molar-refractivity contribution in [1.29, 1.82) is 0 Å². The van der Waals surface area contributed by atoms with Crippen molar-refractivity contribution in [2.75, 3.05) is 13.1 Å². The molecule has 2 aliphatic rings. The van der Waals surface area contributed by atoms with Crippen LogP contribution >= 0.6 is 0 Å². The lowest BCUT2D eigenvalue weighted by molar-refractivity contribution is -0.132. The molecule has 1 saturated carbocycles. The van der Waals surface area contributed by atoms with Crippen molar-refractivity contribution in [3.8, 4) is 0 Å². The van der Waals surface area contributed by atoms with Gasteiger partial charge in [-0.15, -0.1) is 0 Å². The second kappa shape index (κ2) is 9.11. The number of likely N-dealkylation sites (tertiary alicyclic amines) is 1. The summed E-state index contributed by atoms with van der Waals surface area (Å²) in [6.07, 6.45) is 9.43. The highest BCUT2D eigenvalue weighted by Gasteiger charge is 2.29. The zero-order chi connectivity index (χ0) is 19.2. The van der Waals surface area contributed by atoms with Crippen LogP contribution in [0.5, 0.6) is 0 Å². The summed E-state index contributed by atoms with van der Waals surface area (Å²) in [4.78, 5) is 26.5. The van der Waals surface area contributed by atoms with E-state index in [1.54, 1.807) is 4.90 Å². The van der Waals surface area contributed by atoms with Crippen LogP contribution in [0, 0.1) is 17.6 Å². The molecule has 3 rings (SSSR count). The number of carbonyl (C=O) groups is 2. The average molecular weight is 376 g/mol. The number of amides is 2. The number of hydrogen-bond acceptors (Lipinski definition) is 2. The lowest BCUT2D eigenvalue weighted by Crippen LogP contribution is -2.47. The first kappa shape index (κ1) is 19.5. The Morgan fingerprint density at radius 1 is 1.04 bits per heavy atom. The van der Waals surface area contributed by atoms with Gasteiger partial charge in [0, 0.05) is 30.8 Å². The molecule has 1 atom stereocenters. The molecule has 1 heterocycles. The van der Waals surface area contributed by atoms with Crippen molar-refractivity contribution in [2.24, 2.45) is 5.92 Å². The molecule has 0 unspecified atom stereocenters. The Hall–Kier alpha value is -2.24. The Bertz CT molecular complexity index is 694. The number of halogens is 2. The van der Waals surface area contributed by atoms with Gasteiger partial charge in [-0.3, -0.25) is 9.59 Å². The van der Waals surface area contributed by atoms with Crippen molar-refractivity contribution in [2.45, 2.75) is 51.0 Å². The van der Waals surface area contributed by atoms with Crippen molar-refractivity contribution >= 4 is 17.9 Å². The molecule has 1 aromatic rings. The topological polar surface area (TPSA) is 49.4 Å². The van der Waals surface area contributed by atoms with Gasteiger partial charge in [0.2, 0.25) is 11.8 Å². The van der Waals surface area contributed by atoms with Crippen LogP contribution in [0.2, 0.25) is 0 Å². The summed E-state index contributed by atoms with van der Waals surface area (Å²) < 4.78 is 27.3. The summed E-state index contributed by atoms with van der Waals surface area (Å²) in [5.74, 6) is -1.94. The zero-order valence-corrected chi connectivity index (χ0v) is 15.4. The van der Waals surface area contributed by atoms with E-state index in [4.69, 9.17) is 0 Å². The highest BCUT2D eigenvalue weighted by Crippen LogP contribution is 2.21. The molecule has 1 aliphatic heterocycles. The smallest absolute Gasteiger partial charge is 0.246 e. The van der Waals surface area contributed by atoms with E-state index in [0.29, 0.717) is 13.1 Å². The maximum Gasteiger partial charge on any atom is 0.246 e. The van der Waals surface area contributed by atoms with Gasteiger partial charge in [-0.1, -0.05) is 25.3 Å². The number of carbonyl (C=O) groups excluding carboxylic acids is 2. The first-order valence-electron chi connectivity index (χ1n) is 9.76. The van der Waals surface area contributed by atoms with Crippen LogP contribution in [-0.2, 0) is 9.59 Å². The second-order valence-electron chi connectivity index (χ2n) is 7.44. The van der Waals surface area contributed by atoms with E-state index >= 15 is 0 Å². The minimum atomic E-state index is -0.706. The third-order valence-electron chi connectivity index (χ3n) is 5.45. The largest absolute Gasteiger partial charge is 0.353 e. The van der Waals surface area contributed by atoms with Gasteiger partial charge < -0.3 is 10.2 Å². The Kier molecular flexibility index (Phi) is 6.58. The van der Waals surface area contributed by atoms with Crippen LogP contribution < -0.4 is 5.32 Å². The summed E-state index contributed by atoms with van der Waals surface area (Å²) in [6, 6.07) is 3.84. The van der Waals surface area contributed by atoms with Gasteiger partial charge in [-0.2, -0.15) is 0 Å². The SMILES string of the molecule is O=C(NC1CCCCC1)[C@@H]1CCCN(C(=O)/C=C/c2c(F)cccc2F)C1. The second-order valence-corrected chi connectivity index (χ2v) is 7.44. The molecule has 4 nitrogen and oxygen atoms in total. The van der Waals surface area contributed by atoms with Gasteiger partial charge >= 0.3 is 0 Å². The summed E-state index contributed by atoms with van der Waals surface area (Å²) in [5.41, 5.74) is -0.227. The summed E-state index contributed by atoms with van der Waals surface area (Å²) in [5, 5.41) is 3.13. The van der Waals surface area contributed by atoms with E-state index in [0.717, 1.165) is 50.7 Å². The predicted molar refractivity (Wildman–Crippen MR) is 99.7 cm³/mol. The normalized spacial score (nSPS) is 21.4. The molecule has 1 N–H and O–H groups in total. The molecule has 1 aromatic carbocycles. The number of nitrogens with zero attached hydrogens (tertiary/aromatic N) is 1. The highest BCUT2D eigenvalue weighted by atomic mass is 19.1. The number of hydrogen-bond donors (Lipinski definition) is 1. The predicted octanol–water partition coefficient (Wildman–Crippen LogP) is 3.67. The molecular weight excluding hydrogens is 350 g/mol. The van der Waals surface area contributed by atoms with Crippen LogP contribution in [-0.4, -0.2) is 35.8 Å². The third-order valence-corrected chi connectivity index (χ3v) is 5.45. The van der Waals surface area contributed by atoms with Crippen molar-refractivity contribution < 1.29 is 18.4 Å². The summed E-state index contributed by atoms with van der Waals surface area (Å²) >= 11 is 0. The number of piperidine rings is 1. The average Bonchev–Trinajstić information content (AvgIpc) is 2.68. The maximum absolute atomic E-state index is 13.7. The number of nitrogens with one attached hydrogen (secondary N) is 1. The molecule has 146 valence electrons. The Morgan fingerprint density at radius 2 is 1.74 bits per heavy atom. The molecule has 0 bridgehead atoms. The van der Waals surface area contributed by atoms with E-state index < -0.39 is 11.6 Å². The molecule has 0 aromatic heterocycles. The number of rotatable bonds is 4. The van der Waals surface area contributed by atoms with Crippen LogP contribution in [0.25, 0.3) is 6.08 Å². The molecule has 2 amide bonds. The van der Waals surface area contributed by atoms with Crippen molar-refractivity contribution in [3.05, 3.63) is 41.5 Å². The zero-order valence-electron chi connectivity index (χ0n) is 15.4. The third kappa shape index (κ3) is 5.15. The van der Waals surface area contributed by atoms with Gasteiger partial charge in [0.05, 0.1) is 5.92 Å². The van der Waals surface area contributed by atoms with Crippen molar-refractivity contribution in [1.82, 2.24) is 10.2 Å². The fourth-order valence-electron chi connectivity index (χ4n) is 3.89. The van der Waals surface area contributed by atoms with Crippen LogP contribution in [0.15, 0.2) is 24.3 Å². The molecule has 0 radical (unpaired) electrons. The van der Waals surface area contributed by atoms with Gasteiger partial charge in [-0.05, 0) is 43.9 Å². The monoisotopic (exact) mass is 376 g/mol. The van der Waals surface area contributed by atoms with Gasteiger partial charge in [-0.25, -0.2) is 8.78 Å². The lowest BCUT2D eigenvalue weighted by Gasteiger charge is -2.33. The molecule has 27 heavy (non-hydrogen) atoms. The lowest BCUT2D eigenvalue weighted by atomic mass is 9.93. The fraction of sp³-hybridized carbons (Fsp3) is 0.524. The van der Waals surface area contributed by atoms with E-state index in [-0.39, 0.29) is 29.3 Å².